The molecule has 0 spiro atoms. The first-order valence-corrected chi connectivity index (χ1v) is 4.68. The highest BCUT2D eigenvalue weighted by atomic mass is 35.5. The van der Waals surface area contributed by atoms with E-state index in [1.165, 1.54) is 6.20 Å². The Labute approximate surface area is 99.1 Å². The Balaban J connectivity index is 0.00000128. The van der Waals surface area contributed by atoms with Crippen LogP contribution in [0.5, 0.6) is 0 Å². The topological polar surface area (TPSA) is 52.1 Å². The van der Waals surface area contributed by atoms with Crippen molar-refractivity contribution < 1.29 is 9.53 Å². The van der Waals surface area contributed by atoms with Gasteiger partial charge >= 0.3 is 5.97 Å². The van der Waals surface area contributed by atoms with Gasteiger partial charge in [-0.25, -0.2) is 4.79 Å². The van der Waals surface area contributed by atoms with Crippen LogP contribution >= 0.6 is 12.4 Å². The van der Waals surface area contributed by atoms with Crippen LogP contribution in [0.1, 0.15) is 17.3 Å². The van der Waals surface area contributed by atoms with Crippen molar-refractivity contribution in [2.75, 3.05) is 6.61 Å². The molecule has 4 nitrogen and oxygen atoms in total. The second-order valence-corrected chi connectivity index (χ2v) is 3.01. The summed E-state index contributed by atoms with van der Waals surface area (Å²) in [5.74, 6) is -0.344. The van der Waals surface area contributed by atoms with Crippen LogP contribution in [-0.2, 0) is 4.74 Å². The van der Waals surface area contributed by atoms with Crippen LogP contribution in [0, 0.1) is 0 Å². The summed E-state index contributed by atoms with van der Waals surface area (Å²) in [7, 11) is 0. The molecule has 0 aliphatic heterocycles. The highest BCUT2D eigenvalue weighted by molar-refractivity contribution is 5.93. The van der Waals surface area contributed by atoms with E-state index in [-0.39, 0.29) is 18.4 Å². The van der Waals surface area contributed by atoms with Crippen molar-refractivity contribution in [3.63, 3.8) is 0 Å². The van der Waals surface area contributed by atoms with E-state index in [2.05, 4.69) is 9.97 Å². The van der Waals surface area contributed by atoms with Crippen molar-refractivity contribution in [2.45, 2.75) is 6.92 Å². The van der Waals surface area contributed by atoms with Gasteiger partial charge in [0.1, 0.15) is 0 Å². The van der Waals surface area contributed by atoms with Crippen LogP contribution in [0.25, 0.3) is 10.9 Å². The molecular formula is C11H11ClN2O2. The van der Waals surface area contributed by atoms with Gasteiger partial charge in [-0.15, -0.1) is 12.4 Å². The molecule has 2 aromatic heterocycles. The Kier molecular flexibility index (Phi) is 4.19. The summed E-state index contributed by atoms with van der Waals surface area (Å²) in [5, 5.41) is 0.885. The van der Waals surface area contributed by atoms with Crippen molar-refractivity contribution in [3.05, 3.63) is 36.3 Å². The number of halogens is 1. The van der Waals surface area contributed by atoms with E-state index in [0.29, 0.717) is 12.2 Å². The van der Waals surface area contributed by atoms with Gasteiger partial charge in [-0.2, -0.15) is 0 Å². The summed E-state index contributed by atoms with van der Waals surface area (Å²) in [6.07, 6.45) is 4.82. The molecule has 0 aliphatic carbocycles. The van der Waals surface area contributed by atoms with Gasteiger partial charge < -0.3 is 4.74 Å². The lowest BCUT2D eigenvalue weighted by atomic mass is 10.2. The highest BCUT2D eigenvalue weighted by Gasteiger charge is 2.07. The minimum Gasteiger partial charge on any atom is -0.462 e. The van der Waals surface area contributed by atoms with E-state index < -0.39 is 0 Å². The lowest BCUT2D eigenvalue weighted by Gasteiger charge is -2.02. The molecular weight excluding hydrogens is 228 g/mol. The predicted molar refractivity (Wildman–Crippen MR) is 62.7 cm³/mol. The standard InChI is InChI=1S/C11H10N2O2.ClH/c1-2-15-11(14)9-5-8-3-4-12-7-10(8)13-6-9;/h3-7H,2H2,1H3;1H. The number of carbonyl (C=O) groups excluding carboxylic acids is 1. The number of esters is 1. The molecule has 0 amide bonds. The number of fused-ring (bicyclic) bond motifs is 1. The molecule has 0 aliphatic rings. The molecule has 0 unspecified atom stereocenters. The van der Waals surface area contributed by atoms with Gasteiger partial charge in [0.05, 0.1) is 23.9 Å². The maximum absolute atomic E-state index is 11.4. The monoisotopic (exact) mass is 238 g/mol. The van der Waals surface area contributed by atoms with Gasteiger partial charge in [0.25, 0.3) is 0 Å². The summed E-state index contributed by atoms with van der Waals surface area (Å²) in [6, 6.07) is 3.56. The first-order chi connectivity index (χ1) is 7.31. The normalized spacial score (nSPS) is 9.56. The minimum atomic E-state index is -0.344. The van der Waals surface area contributed by atoms with Crippen LogP contribution < -0.4 is 0 Å². The molecule has 0 saturated carbocycles. The largest absolute Gasteiger partial charge is 0.462 e. The van der Waals surface area contributed by atoms with Crippen molar-refractivity contribution in [1.82, 2.24) is 9.97 Å². The third-order valence-electron chi connectivity index (χ3n) is 2.00. The fraction of sp³-hybridized carbons (Fsp3) is 0.182. The summed E-state index contributed by atoms with van der Waals surface area (Å²) in [5.41, 5.74) is 1.24. The number of hydrogen-bond acceptors (Lipinski definition) is 4. The number of aromatic nitrogens is 2. The van der Waals surface area contributed by atoms with Crippen molar-refractivity contribution in [3.8, 4) is 0 Å². The van der Waals surface area contributed by atoms with Crippen molar-refractivity contribution in [1.29, 1.82) is 0 Å². The number of rotatable bonds is 2. The van der Waals surface area contributed by atoms with Crippen molar-refractivity contribution in [2.24, 2.45) is 0 Å². The Morgan fingerprint density at radius 1 is 1.44 bits per heavy atom. The molecule has 0 bridgehead atoms. The van der Waals surface area contributed by atoms with E-state index in [1.807, 2.05) is 6.07 Å². The molecule has 0 aromatic carbocycles. The van der Waals surface area contributed by atoms with Crippen LogP contribution in [-0.4, -0.2) is 22.5 Å². The fourth-order valence-corrected chi connectivity index (χ4v) is 1.30. The zero-order valence-electron chi connectivity index (χ0n) is 8.71. The summed E-state index contributed by atoms with van der Waals surface area (Å²) < 4.78 is 4.88. The highest BCUT2D eigenvalue weighted by Crippen LogP contribution is 2.11. The third-order valence-corrected chi connectivity index (χ3v) is 2.00. The van der Waals surface area contributed by atoms with Crippen molar-refractivity contribution >= 4 is 29.3 Å². The van der Waals surface area contributed by atoms with E-state index >= 15 is 0 Å². The van der Waals surface area contributed by atoms with Gasteiger partial charge in [-0.3, -0.25) is 9.97 Å². The first kappa shape index (κ1) is 12.4. The SMILES string of the molecule is CCOC(=O)c1cnc2cnccc2c1.Cl. The molecule has 0 atom stereocenters. The summed E-state index contributed by atoms with van der Waals surface area (Å²) in [4.78, 5) is 19.5. The molecule has 0 N–H and O–H groups in total. The molecule has 2 rings (SSSR count). The van der Waals surface area contributed by atoms with E-state index in [4.69, 9.17) is 4.74 Å². The van der Waals surface area contributed by atoms with E-state index in [9.17, 15) is 4.79 Å². The van der Waals surface area contributed by atoms with E-state index in [0.717, 1.165) is 10.9 Å². The minimum absolute atomic E-state index is 0. The Hall–Kier alpha value is -1.68. The predicted octanol–water partition coefficient (Wildman–Crippen LogP) is 2.23. The van der Waals surface area contributed by atoms with Gasteiger partial charge in [-0.05, 0) is 19.1 Å². The van der Waals surface area contributed by atoms with Gasteiger partial charge in [0, 0.05) is 17.8 Å². The Bertz CT molecular complexity index is 502. The van der Waals surface area contributed by atoms with Crippen LogP contribution in [0.3, 0.4) is 0 Å². The number of pyridine rings is 2. The molecule has 5 heteroatoms. The Morgan fingerprint density at radius 2 is 2.25 bits per heavy atom. The molecule has 0 radical (unpaired) electrons. The molecule has 16 heavy (non-hydrogen) atoms. The molecule has 2 heterocycles. The lowest BCUT2D eigenvalue weighted by molar-refractivity contribution is 0.0526. The number of ether oxygens (including phenoxy) is 1. The number of carbonyl (C=O) groups is 1. The fourth-order valence-electron chi connectivity index (χ4n) is 1.30. The van der Waals surface area contributed by atoms with E-state index in [1.54, 1.807) is 25.4 Å². The summed E-state index contributed by atoms with van der Waals surface area (Å²) in [6.45, 7) is 2.14. The zero-order valence-corrected chi connectivity index (χ0v) is 9.53. The molecule has 0 saturated heterocycles. The first-order valence-electron chi connectivity index (χ1n) is 4.68. The third kappa shape index (κ3) is 2.46. The lowest BCUT2D eigenvalue weighted by Crippen LogP contribution is -2.04. The second-order valence-electron chi connectivity index (χ2n) is 3.01. The van der Waals surface area contributed by atoms with Gasteiger partial charge in [0.15, 0.2) is 0 Å². The molecule has 84 valence electrons. The number of nitrogens with zero attached hydrogens (tertiary/aromatic N) is 2. The van der Waals surface area contributed by atoms with Gasteiger partial charge in [0.2, 0.25) is 0 Å². The smallest absolute Gasteiger partial charge is 0.339 e. The quantitative estimate of drug-likeness (QED) is 0.753. The second kappa shape index (κ2) is 5.42. The maximum atomic E-state index is 11.4. The van der Waals surface area contributed by atoms with Crippen LogP contribution in [0.4, 0.5) is 0 Å². The molecule has 0 fully saturated rings. The average Bonchev–Trinajstić information content (AvgIpc) is 2.29. The molecule has 2 aromatic rings. The maximum Gasteiger partial charge on any atom is 0.339 e. The number of hydrogen-bond donors (Lipinski definition) is 0. The summed E-state index contributed by atoms with van der Waals surface area (Å²) >= 11 is 0. The van der Waals surface area contributed by atoms with Crippen LogP contribution in [0.2, 0.25) is 0 Å². The zero-order chi connectivity index (χ0) is 10.7. The average molecular weight is 239 g/mol. The Morgan fingerprint density at radius 3 is 3.00 bits per heavy atom. The van der Waals surface area contributed by atoms with Gasteiger partial charge in [-0.1, -0.05) is 0 Å². The van der Waals surface area contributed by atoms with Crippen LogP contribution in [0.15, 0.2) is 30.7 Å².